The van der Waals surface area contributed by atoms with E-state index in [0.29, 0.717) is 0 Å². The smallest absolute Gasteiger partial charge is 0.169 e. The molecule has 0 aromatic heterocycles. The zero-order valence-corrected chi connectivity index (χ0v) is 10.3. The highest BCUT2D eigenvalue weighted by atomic mass is 16.6. The summed E-state index contributed by atoms with van der Waals surface area (Å²) in [6.07, 6.45) is -0.255. The van der Waals surface area contributed by atoms with Gasteiger partial charge < -0.3 is 4.74 Å². The summed E-state index contributed by atoms with van der Waals surface area (Å²) in [5, 5.41) is 0. The highest BCUT2D eigenvalue weighted by molar-refractivity contribution is 5.90. The lowest BCUT2D eigenvalue weighted by molar-refractivity contribution is -0.127. The molecule has 0 N–H and O–H groups in total. The minimum Gasteiger partial charge on any atom is -0.356 e. The molecule has 2 nitrogen and oxygen atoms in total. The van der Waals surface area contributed by atoms with E-state index in [1.807, 2.05) is 32.9 Å². The zero-order chi connectivity index (χ0) is 11.9. The van der Waals surface area contributed by atoms with Gasteiger partial charge in [-0.15, -0.1) is 0 Å². The normalized spacial score (nSPS) is 24.2. The van der Waals surface area contributed by atoms with Crippen LogP contribution in [0.5, 0.6) is 0 Å². The van der Waals surface area contributed by atoms with Gasteiger partial charge in [-0.1, -0.05) is 50.6 Å². The number of Topliss-reactive ketones (excluding diaryl/α,β-unsaturated/α-hetero) is 1. The highest BCUT2D eigenvalue weighted by Crippen LogP contribution is 2.42. The Hall–Kier alpha value is -1.15. The first kappa shape index (κ1) is 11.3. The van der Waals surface area contributed by atoms with E-state index < -0.39 is 0 Å². The third-order valence-electron chi connectivity index (χ3n) is 2.90. The summed E-state index contributed by atoms with van der Waals surface area (Å²) in [7, 11) is 0. The summed E-state index contributed by atoms with van der Waals surface area (Å²) in [4.78, 5) is 12.0. The topological polar surface area (TPSA) is 29.6 Å². The molecule has 2 atom stereocenters. The lowest BCUT2D eigenvalue weighted by atomic mass is 9.87. The van der Waals surface area contributed by atoms with Crippen LogP contribution in [0.3, 0.4) is 0 Å². The van der Waals surface area contributed by atoms with Gasteiger partial charge in [0.15, 0.2) is 5.78 Å². The van der Waals surface area contributed by atoms with Gasteiger partial charge in [-0.3, -0.25) is 4.79 Å². The van der Waals surface area contributed by atoms with E-state index in [-0.39, 0.29) is 23.4 Å². The van der Waals surface area contributed by atoms with Gasteiger partial charge in [0.05, 0.1) is 0 Å². The quantitative estimate of drug-likeness (QED) is 0.714. The molecule has 86 valence electrons. The molecule has 2 rings (SSSR count). The molecule has 1 heterocycles. The first-order valence-corrected chi connectivity index (χ1v) is 5.66. The molecular formula is C14H18O2. The van der Waals surface area contributed by atoms with Gasteiger partial charge in [-0.05, 0) is 12.5 Å². The molecule has 0 bridgehead atoms. The Morgan fingerprint density at radius 2 is 1.75 bits per heavy atom. The molecule has 0 spiro atoms. The molecule has 1 aliphatic rings. The molecule has 0 unspecified atom stereocenters. The number of carbonyl (C=O) groups excluding carboxylic acids is 1. The Morgan fingerprint density at radius 3 is 2.25 bits per heavy atom. The van der Waals surface area contributed by atoms with Crippen molar-refractivity contribution in [3.63, 3.8) is 0 Å². The molecule has 0 aliphatic carbocycles. The molecule has 2 heteroatoms. The number of aryl methyl sites for hydroxylation is 1. The van der Waals surface area contributed by atoms with Crippen molar-refractivity contribution < 1.29 is 9.53 Å². The highest BCUT2D eigenvalue weighted by Gasteiger charge is 2.49. The fourth-order valence-corrected chi connectivity index (χ4v) is 1.75. The number of rotatable bonds is 2. The molecule has 0 amide bonds. The third kappa shape index (κ3) is 2.17. The third-order valence-corrected chi connectivity index (χ3v) is 2.90. The predicted molar refractivity (Wildman–Crippen MR) is 63.3 cm³/mol. The van der Waals surface area contributed by atoms with Crippen LogP contribution in [0, 0.1) is 12.3 Å². The average Bonchev–Trinajstić information content (AvgIpc) is 2.96. The molecular weight excluding hydrogens is 200 g/mol. The summed E-state index contributed by atoms with van der Waals surface area (Å²) < 4.78 is 5.48. The number of benzene rings is 1. The molecule has 0 radical (unpaired) electrons. The van der Waals surface area contributed by atoms with E-state index in [9.17, 15) is 4.79 Å². The molecule has 0 saturated carbocycles. The maximum Gasteiger partial charge on any atom is 0.169 e. The minimum absolute atomic E-state index is 0.0210. The molecule has 1 saturated heterocycles. The van der Waals surface area contributed by atoms with E-state index in [4.69, 9.17) is 4.74 Å². The van der Waals surface area contributed by atoms with Gasteiger partial charge in [0.2, 0.25) is 0 Å². The Balaban J connectivity index is 2.07. The first-order valence-electron chi connectivity index (χ1n) is 5.66. The Morgan fingerprint density at radius 1 is 1.19 bits per heavy atom. The van der Waals surface area contributed by atoms with E-state index in [1.165, 1.54) is 5.56 Å². The summed E-state index contributed by atoms with van der Waals surface area (Å²) in [6.45, 7) is 7.85. The van der Waals surface area contributed by atoms with Crippen LogP contribution in [-0.4, -0.2) is 11.9 Å². The Kier molecular flexibility index (Phi) is 2.62. The molecule has 1 fully saturated rings. The second-order valence-corrected chi connectivity index (χ2v) is 5.50. The fraction of sp³-hybridized carbons (Fsp3) is 0.500. The first-order chi connectivity index (χ1) is 7.39. The van der Waals surface area contributed by atoms with Crippen molar-refractivity contribution in [2.75, 3.05) is 0 Å². The van der Waals surface area contributed by atoms with Crippen molar-refractivity contribution in [1.82, 2.24) is 0 Å². The molecule has 1 aromatic rings. The van der Waals surface area contributed by atoms with Crippen LogP contribution in [0.1, 0.15) is 38.0 Å². The van der Waals surface area contributed by atoms with E-state index in [2.05, 4.69) is 19.1 Å². The van der Waals surface area contributed by atoms with Crippen LogP contribution in [0.25, 0.3) is 0 Å². The van der Waals surface area contributed by atoms with Crippen LogP contribution < -0.4 is 0 Å². The number of hydrogen-bond acceptors (Lipinski definition) is 2. The minimum atomic E-state index is -0.315. The molecule has 1 aliphatic heterocycles. The Labute approximate surface area is 96.6 Å². The van der Waals surface area contributed by atoms with Crippen molar-refractivity contribution in [3.05, 3.63) is 35.4 Å². The standard InChI is InChI=1S/C14H18O2/c1-9-5-7-10(8-6-9)11-12(16-11)13(15)14(2,3)4/h5-8,11-12H,1-4H3/t11-,12-/m1/s1. The Bertz CT molecular complexity index is 398. The fourth-order valence-electron chi connectivity index (χ4n) is 1.75. The van der Waals surface area contributed by atoms with Gasteiger partial charge in [0.25, 0.3) is 0 Å². The van der Waals surface area contributed by atoms with Gasteiger partial charge in [0.1, 0.15) is 12.2 Å². The number of hydrogen-bond donors (Lipinski definition) is 0. The van der Waals surface area contributed by atoms with Crippen molar-refractivity contribution in [2.45, 2.75) is 39.9 Å². The van der Waals surface area contributed by atoms with Crippen LogP contribution >= 0.6 is 0 Å². The van der Waals surface area contributed by atoms with Crippen LogP contribution in [0.2, 0.25) is 0 Å². The summed E-state index contributed by atoms with van der Waals surface area (Å²) >= 11 is 0. The van der Waals surface area contributed by atoms with Crippen molar-refractivity contribution in [1.29, 1.82) is 0 Å². The van der Waals surface area contributed by atoms with Crippen LogP contribution in [0.4, 0.5) is 0 Å². The van der Waals surface area contributed by atoms with Crippen LogP contribution in [0.15, 0.2) is 24.3 Å². The second-order valence-electron chi connectivity index (χ2n) is 5.50. The maximum atomic E-state index is 12.0. The summed E-state index contributed by atoms with van der Waals surface area (Å²) in [5.74, 6) is 0.193. The van der Waals surface area contributed by atoms with Crippen molar-refractivity contribution in [3.8, 4) is 0 Å². The maximum absolute atomic E-state index is 12.0. The van der Waals surface area contributed by atoms with E-state index in [1.54, 1.807) is 0 Å². The molecule has 1 aromatic carbocycles. The number of ketones is 1. The number of ether oxygens (including phenoxy) is 1. The number of epoxide rings is 1. The van der Waals surface area contributed by atoms with Crippen LogP contribution in [-0.2, 0) is 9.53 Å². The second kappa shape index (κ2) is 3.70. The van der Waals surface area contributed by atoms with E-state index in [0.717, 1.165) is 5.56 Å². The van der Waals surface area contributed by atoms with Gasteiger partial charge in [-0.2, -0.15) is 0 Å². The SMILES string of the molecule is Cc1ccc([C@H]2O[C@H]2C(=O)C(C)(C)C)cc1. The van der Waals surface area contributed by atoms with Crippen molar-refractivity contribution in [2.24, 2.45) is 5.41 Å². The van der Waals surface area contributed by atoms with Crippen molar-refractivity contribution >= 4 is 5.78 Å². The predicted octanol–water partition coefficient (Wildman–Crippen LogP) is 3.05. The summed E-state index contributed by atoms with van der Waals surface area (Å²) in [6, 6.07) is 8.18. The largest absolute Gasteiger partial charge is 0.356 e. The zero-order valence-electron chi connectivity index (χ0n) is 10.3. The monoisotopic (exact) mass is 218 g/mol. The average molecular weight is 218 g/mol. The lowest BCUT2D eigenvalue weighted by Crippen LogP contribution is -2.25. The van der Waals surface area contributed by atoms with Gasteiger partial charge in [-0.25, -0.2) is 0 Å². The summed E-state index contributed by atoms with van der Waals surface area (Å²) in [5.41, 5.74) is 2.01. The lowest BCUT2D eigenvalue weighted by Gasteiger charge is -2.14. The van der Waals surface area contributed by atoms with Gasteiger partial charge in [0, 0.05) is 5.41 Å². The molecule has 16 heavy (non-hydrogen) atoms. The number of carbonyl (C=O) groups is 1. The van der Waals surface area contributed by atoms with Gasteiger partial charge >= 0.3 is 0 Å². The van der Waals surface area contributed by atoms with E-state index >= 15 is 0 Å².